The van der Waals surface area contributed by atoms with Gasteiger partial charge >= 0.3 is 0 Å². The molecule has 0 unspecified atom stereocenters. The summed E-state index contributed by atoms with van der Waals surface area (Å²) in [5.74, 6) is -2.61. The van der Waals surface area contributed by atoms with Gasteiger partial charge in [-0.15, -0.1) is 0 Å². The van der Waals surface area contributed by atoms with Crippen LogP contribution in [0, 0.1) is 11.6 Å². The Kier molecular flexibility index (Phi) is 3.39. The van der Waals surface area contributed by atoms with Gasteiger partial charge in [-0.1, -0.05) is 13.8 Å². The highest BCUT2D eigenvalue weighted by molar-refractivity contribution is 5.94. The molecule has 0 radical (unpaired) electrons. The van der Waals surface area contributed by atoms with Crippen molar-refractivity contribution in [3.63, 3.8) is 0 Å². The summed E-state index contributed by atoms with van der Waals surface area (Å²) in [6.07, 6.45) is 0.797. The Morgan fingerprint density at radius 3 is 2.20 bits per heavy atom. The first-order chi connectivity index (χ1) is 7.02. The fourth-order valence-electron chi connectivity index (χ4n) is 1.71. The van der Waals surface area contributed by atoms with Crippen molar-refractivity contribution in [1.82, 2.24) is 0 Å². The standard InChI is InChI=1S/C11H13F2NO/c1-3-6-7(4-2)10(13)9(12)5-8(6)11(14)15/h5H,3-4H2,1-2H3,(H2,14,15). The normalized spacial score (nSPS) is 10.4. The first kappa shape index (κ1) is 11.6. The second-order valence-corrected chi connectivity index (χ2v) is 3.25. The van der Waals surface area contributed by atoms with Crippen molar-refractivity contribution in [2.45, 2.75) is 26.7 Å². The average molecular weight is 213 g/mol. The maximum atomic E-state index is 13.4. The molecule has 2 N–H and O–H groups in total. The van der Waals surface area contributed by atoms with E-state index in [2.05, 4.69) is 0 Å². The van der Waals surface area contributed by atoms with Gasteiger partial charge < -0.3 is 5.73 Å². The Bertz CT molecular complexity index is 402. The molecule has 0 atom stereocenters. The number of benzene rings is 1. The minimum absolute atomic E-state index is 0.0771. The first-order valence-electron chi connectivity index (χ1n) is 4.82. The van der Waals surface area contributed by atoms with Crippen molar-refractivity contribution in [2.75, 3.05) is 0 Å². The maximum Gasteiger partial charge on any atom is 0.249 e. The van der Waals surface area contributed by atoms with Gasteiger partial charge in [-0.3, -0.25) is 4.79 Å². The molecule has 4 heteroatoms. The zero-order valence-electron chi connectivity index (χ0n) is 8.73. The minimum atomic E-state index is -1.02. The summed E-state index contributed by atoms with van der Waals surface area (Å²) in [5, 5.41) is 0. The minimum Gasteiger partial charge on any atom is -0.366 e. The summed E-state index contributed by atoms with van der Waals surface area (Å²) in [6, 6.07) is 0.871. The quantitative estimate of drug-likeness (QED) is 0.821. The highest BCUT2D eigenvalue weighted by atomic mass is 19.2. The van der Waals surface area contributed by atoms with Crippen molar-refractivity contribution in [1.29, 1.82) is 0 Å². The van der Waals surface area contributed by atoms with Gasteiger partial charge in [0.05, 0.1) is 0 Å². The van der Waals surface area contributed by atoms with Crippen molar-refractivity contribution < 1.29 is 13.6 Å². The van der Waals surface area contributed by atoms with E-state index in [0.717, 1.165) is 6.07 Å². The van der Waals surface area contributed by atoms with Crippen LogP contribution >= 0.6 is 0 Å². The third-order valence-corrected chi connectivity index (χ3v) is 2.41. The van der Waals surface area contributed by atoms with Gasteiger partial charge in [0.25, 0.3) is 0 Å². The Morgan fingerprint density at radius 1 is 1.27 bits per heavy atom. The first-order valence-corrected chi connectivity index (χ1v) is 4.82. The molecule has 1 aromatic rings. The molecule has 1 rings (SSSR count). The lowest BCUT2D eigenvalue weighted by molar-refractivity contribution is 0.0998. The van der Waals surface area contributed by atoms with Crippen LogP contribution in [0.1, 0.15) is 35.3 Å². The zero-order chi connectivity index (χ0) is 11.6. The molecule has 0 spiro atoms. The summed E-state index contributed by atoms with van der Waals surface area (Å²) in [5.41, 5.74) is 5.93. The van der Waals surface area contributed by atoms with Crippen LogP contribution < -0.4 is 5.73 Å². The topological polar surface area (TPSA) is 43.1 Å². The lowest BCUT2D eigenvalue weighted by Gasteiger charge is -2.11. The van der Waals surface area contributed by atoms with Crippen molar-refractivity contribution in [3.8, 4) is 0 Å². The lowest BCUT2D eigenvalue weighted by atomic mass is 9.96. The number of hydrogen-bond acceptors (Lipinski definition) is 1. The van der Waals surface area contributed by atoms with Gasteiger partial charge in [0.2, 0.25) is 5.91 Å². The summed E-state index contributed by atoms with van der Waals surface area (Å²) in [4.78, 5) is 11.0. The predicted octanol–water partition coefficient (Wildman–Crippen LogP) is 2.19. The molecule has 1 amide bonds. The molecule has 0 saturated heterocycles. The molecule has 1 aromatic carbocycles. The highest BCUT2D eigenvalue weighted by Crippen LogP contribution is 2.22. The number of nitrogens with two attached hydrogens (primary N) is 1. The van der Waals surface area contributed by atoms with Crippen LogP contribution in [-0.4, -0.2) is 5.91 Å². The molecule has 82 valence electrons. The van der Waals surface area contributed by atoms with Crippen LogP contribution in [-0.2, 0) is 12.8 Å². The summed E-state index contributed by atoms with van der Waals surface area (Å²) in [6.45, 7) is 3.49. The van der Waals surface area contributed by atoms with E-state index >= 15 is 0 Å². The second kappa shape index (κ2) is 4.38. The molecular weight excluding hydrogens is 200 g/mol. The van der Waals surface area contributed by atoms with Gasteiger partial charge in [0, 0.05) is 5.56 Å². The fraction of sp³-hybridized carbons (Fsp3) is 0.364. The van der Waals surface area contributed by atoms with E-state index < -0.39 is 17.5 Å². The number of amides is 1. The molecule has 0 saturated carbocycles. The number of hydrogen-bond donors (Lipinski definition) is 1. The zero-order valence-corrected chi connectivity index (χ0v) is 8.73. The SMILES string of the molecule is CCc1c(C(N)=O)cc(F)c(F)c1CC. The van der Waals surface area contributed by atoms with E-state index in [4.69, 9.17) is 5.73 Å². The Balaban J connectivity index is 3.54. The predicted molar refractivity (Wildman–Crippen MR) is 53.6 cm³/mol. The van der Waals surface area contributed by atoms with E-state index in [1.807, 2.05) is 0 Å². The Morgan fingerprint density at radius 2 is 1.80 bits per heavy atom. The van der Waals surface area contributed by atoms with Crippen LogP contribution in [0.3, 0.4) is 0 Å². The van der Waals surface area contributed by atoms with Crippen molar-refractivity contribution >= 4 is 5.91 Å². The van der Waals surface area contributed by atoms with Crippen LogP contribution in [0.15, 0.2) is 6.07 Å². The van der Waals surface area contributed by atoms with E-state index in [9.17, 15) is 13.6 Å². The van der Waals surface area contributed by atoms with Crippen molar-refractivity contribution in [3.05, 3.63) is 34.4 Å². The van der Waals surface area contributed by atoms with E-state index in [-0.39, 0.29) is 11.1 Å². The Labute approximate surface area is 87.1 Å². The van der Waals surface area contributed by atoms with E-state index in [1.165, 1.54) is 0 Å². The molecule has 0 aliphatic carbocycles. The summed E-state index contributed by atoms with van der Waals surface area (Å²) >= 11 is 0. The number of carbonyl (C=O) groups excluding carboxylic acids is 1. The monoisotopic (exact) mass is 213 g/mol. The third-order valence-electron chi connectivity index (χ3n) is 2.41. The van der Waals surface area contributed by atoms with Crippen LogP contribution in [0.4, 0.5) is 8.78 Å². The number of primary amides is 1. The number of rotatable bonds is 3. The number of carbonyl (C=O) groups is 1. The van der Waals surface area contributed by atoms with Crippen LogP contribution in [0.25, 0.3) is 0 Å². The summed E-state index contributed by atoms with van der Waals surface area (Å²) in [7, 11) is 0. The maximum absolute atomic E-state index is 13.4. The average Bonchev–Trinajstić information content (AvgIpc) is 2.20. The molecule has 15 heavy (non-hydrogen) atoms. The molecule has 0 aliphatic rings. The summed E-state index contributed by atoms with van der Waals surface area (Å²) < 4.78 is 26.5. The molecule has 0 fully saturated rings. The molecule has 2 nitrogen and oxygen atoms in total. The van der Waals surface area contributed by atoms with Gasteiger partial charge in [0.1, 0.15) is 0 Å². The van der Waals surface area contributed by atoms with Crippen molar-refractivity contribution in [2.24, 2.45) is 5.73 Å². The molecule has 0 aromatic heterocycles. The third kappa shape index (κ3) is 1.98. The molecule has 0 bridgehead atoms. The van der Waals surface area contributed by atoms with E-state index in [1.54, 1.807) is 13.8 Å². The largest absolute Gasteiger partial charge is 0.366 e. The van der Waals surface area contributed by atoms with Gasteiger partial charge in [-0.05, 0) is 30.0 Å². The smallest absolute Gasteiger partial charge is 0.249 e. The highest BCUT2D eigenvalue weighted by Gasteiger charge is 2.18. The molecule has 0 heterocycles. The van der Waals surface area contributed by atoms with Crippen LogP contribution in [0.2, 0.25) is 0 Å². The lowest BCUT2D eigenvalue weighted by Crippen LogP contribution is -2.16. The molecular formula is C11H13F2NO. The van der Waals surface area contributed by atoms with Gasteiger partial charge in [0.15, 0.2) is 11.6 Å². The van der Waals surface area contributed by atoms with E-state index in [0.29, 0.717) is 18.4 Å². The number of halogens is 2. The molecule has 0 aliphatic heterocycles. The Hall–Kier alpha value is -1.45. The second-order valence-electron chi connectivity index (χ2n) is 3.25. The fourth-order valence-corrected chi connectivity index (χ4v) is 1.71. The van der Waals surface area contributed by atoms with Gasteiger partial charge in [-0.2, -0.15) is 0 Å². The van der Waals surface area contributed by atoms with Crippen LogP contribution in [0.5, 0.6) is 0 Å². The van der Waals surface area contributed by atoms with Gasteiger partial charge in [-0.25, -0.2) is 8.78 Å².